The number of rotatable bonds is 2. The zero-order valence-corrected chi connectivity index (χ0v) is 10.5. The van der Waals surface area contributed by atoms with Gasteiger partial charge in [0, 0.05) is 18.7 Å². The Morgan fingerprint density at radius 3 is 2.53 bits per heavy atom. The molecule has 19 heavy (non-hydrogen) atoms. The van der Waals surface area contributed by atoms with Gasteiger partial charge in [0.05, 0.1) is 5.69 Å². The predicted molar refractivity (Wildman–Crippen MR) is 72.1 cm³/mol. The van der Waals surface area contributed by atoms with Gasteiger partial charge in [-0.15, -0.1) is 0 Å². The SMILES string of the molecule is CC(=O)OC(C#Cc1ccccc1)c1ccccn1. The highest BCUT2D eigenvalue weighted by Gasteiger charge is 2.12. The number of nitrogens with zero attached hydrogens (tertiary/aromatic N) is 1. The molecular weight excluding hydrogens is 238 g/mol. The first-order chi connectivity index (χ1) is 9.25. The van der Waals surface area contributed by atoms with Crippen LogP contribution in [-0.4, -0.2) is 11.0 Å². The molecular formula is C16H13NO2. The second-order valence-corrected chi connectivity index (χ2v) is 3.88. The van der Waals surface area contributed by atoms with Crippen molar-refractivity contribution in [3.05, 3.63) is 66.0 Å². The second kappa shape index (κ2) is 6.36. The van der Waals surface area contributed by atoms with Gasteiger partial charge in [0.2, 0.25) is 6.10 Å². The van der Waals surface area contributed by atoms with E-state index in [0.717, 1.165) is 5.56 Å². The molecule has 1 unspecified atom stereocenters. The van der Waals surface area contributed by atoms with E-state index in [4.69, 9.17) is 4.74 Å². The lowest BCUT2D eigenvalue weighted by atomic mass is 10.2. The van der Waals surface area contributed by atoms with Gasteiger partial charge in [0.1, 0.15) is 0 Å². The van der Waals surface area contributed by atoms with Gasteiger partial charge in [-0.3, -0.25) is 9.78 Å². The number of hydrogen-bond acceptors (Lipinski definition) is 3. The number of benzene rings is 1. The van der Waals surface area contributed by atoms with Crippen LogP contribution in [0.2, 0.25) is 0 Å². The average Bonchev–Trinajstić information content (AvgIpc) is 2.45. The third kappa shape index (κ3) is 3.97. The lowest BCUT2D eigenvalue weighted by Crippen LogP contribution is -2.08. The second-order valence-electron chi connectivity index (χ2n) is 3.88. The van der Waals surface area contributed by atoms with E-state index < -0.39 is 6.10 Å². The first-order valence-corrected chi connectivity index (χ1v) is 5.90. The van der Waals surface area contributed by atoms with Crippen LogP contribution in [0.4, 0.5) is 0 Å². The summed E-state index contributed by atoms with van der Waals surface area (Å²) in [5.41, 5.74) is 1.50. The molecule has 0 aliphatic rings. The Hall–Kier alpha value is -2.60. The molecule has 1 aromatic heterocycles. The number of hydrogen-bond donors (Lipinski definition) is 0. The van der Waals surface area contributed by atoms with Gasteiger partial charge in [-0.1, -0.05) is 30.2 Å². The lowest BCUT2D eigenvalue weighted by Gasteiger charge is -2.09. The molecule has 0 saturated heterocycles. The number of carbonyl (C=O) groups is 1. The highest BCUT2D eigenvalue weighted by atomic mass is 16.5. The maximum absolute atomic E-state index is 11.1. The van der Waals surface area contributed by atoms with Crippen molar-refractivity contribution in [2.24, 2.45) is 0 Å². The van der Waals surface area contributed by atoms with Gasteiger partial charge >= 0.3 is 5.97 Å². The zero-order valence-electron chi connectivity index (χ0n) is 10.5. The maximum atomic E-state index is 11.1. The van der Waals surface area contributed by atoms with Gasteiger partial charge in [-0.2, -0.15) is 0 Å². The summed E-state index contributed by atoms with van der Waals surface area (Å²) in [7, 11) is 0. The van der Waals surface area contributed by atoms with Crippen molar-refractivity contribution in [1.82, 2.24) is 4.98 Å². The maximum Gasteiger partial charge on any atom is 0.304 e. The standard InChI is InChI=1S/C16H13NO2/c1-13(18)19-16(15-9-5-6-12-17-15)11-10-14-7-3-2-4-8-14/h2-9,12,16H,1H3. The molecule has 0 aliphatic heterocycles. The van der Waals surface area contributed by atoms with E-state index in [-0.39, 0.29) is 5.97 Å². The minimum absolute atomic E-state index is 0.377. The average molecular weight is 251 g/mol. The minimum atomic E-state index is -0.640. The van der Waals surface area contributed by atoms with Crippen molar-refractivity contribution < 1.29 is 9.53 Å². The summed E-state index contributed by atoms with van der Waals surface area (Å²) in [4.78, 5) is 15.3. The van der Waals surface area contributed by atoms with E-state index in [1.54, 1.807) is 18.3 Å². The largest absolute Gasteiger partial charge is 0.443 e. The molecule has 0 aliphatic carbocycles. The van der Waals surface area contributed by atoms with E-state index in [0.29, 0.717) is 5.69 Å². The van der Waals surface area contributed by atoms with Crippen LogP contribution >= 0.6 is 0 Å². The minimum Gasteiger partial charge on any atom is -0.443 e. The van der Waals surface area contributed by atoms with E-state index >= 15 is 0 Å². The molecule has 1 heterocycles. The zero-order chi connectivity index (χ0) is 13.5. The quantitative estimate of drug-likeness (QED) is 0.608. The fraction of sp³-hybridized carbons (Fsp3) is 0.125. The lowest BCUT2D eigenvalue weighted by molar-refractivity contribution is -0.144. The first kappa shape index (κ1) is 12.8. The van der Waals surface area contributed by atoms with Crippen molar-refractivity contribution in [3.63, 3.8) is 0 Å². The summed E-state index contributed by atoms with van der Waals surface area (Å²) in [5, 5.41) is 0. The van der Waals surface area contributed by atoms with Gasteiger partial charge < -0.3 is 4.74 Å². The van der Waals surface area contributed by atoms with Crippen LogP contribution < -0.4 is 0 Å². The number of ether oxygens (including phenoxy) is 1. The topological polar surface area (TPSA) is 39.2 Å². The molecule has 0 fully saturated rings. The van der Waals surface area contributed by atoms with Gasteiger partial charge in [-0.25, -0.2) is 0 Å². The Morgan fingerprint density at radius 2 is 1.89 bits per heavy atom. The highest BCUT2D eigenvalue weighted by molar-refractivity contribution is 5.66. The smallest absolute Gasteiger partial charge is 0.304 e. The van der Waals surface area contributed by atoms with Crippen LogP contribution in [0, 0.1) is 11.8 Å². The monoisotopic (exact) mass is 251 g/mol. The van der Waals surface area contributed by atoms with E-state index in [9.17, 15) is 4.79 Å². The van der Waals surface area contributed by atoms with Crippen molar-refractivity contribution in [2.45, 2.75) is 13.0 Å². The molecule has 2 rings (SSSR count). The summed E-state index contributed by atoms with van der Waals surface area (Å²) in [6.45, 7) is 1.36. The molecule has 3 nitrogen and oxygen atoms in total. The summed E-state index contributed by atoms with van der Waals surface area (Å²) in [5.74, 6) is 5.53. The molecule has 0 radical (unpaired) electrons. The number of carbonyl (C=O) groups excluding carboxylic acids is 1. The third-order valence-electron chi connectivity index (χ3n) is 2.36. The molecule has 0 N–H and O–H groups in total. The normalized spacial score (nSPS) is 11.0. The molecule has 0 saturated carbocycles. The molecule has 1 aromatic carbocycles. The molecule has 1 atom stereocenters. The Bertz CT molecular complexity index is 597. The van der Waals surface area contributed by atoms with E-state index in [2.05, 4.69) is 16.8 Å². The molecule has 0 spiro atoms. The molecule has 3 heteroatoms. The van der Waals surface area contributed by atoms with E-state index in [1.807, 2.05) is 36.4 Å². The number of aromatic nitrogens is 1. The van der Waals surface area contributed by atoms with Crippen molar-refractivity contribution >= 4 is 5.97 Å². The van der Waals surface area contributed by atoms with Crippen LogP contribution in [0.5, 0.6) is 0 Å². The third-order valence-corrected chi connectivity index (χ3v) is 2.36. The van der Waals surface area contributed by atoms with Gasteiger partial charge in [-0.05, 0) is 30.2 Å². The van der Waals surface area contributed by atoms with Crippen LogP contribution in [-0.2, 0) is 9.53 Å². The van der Waals surface area contributed by atoms with Crippen LogP contribution in [0.1, 0.15) is 24.3 Å². The summed E-state index contributed by atoms with van der Waals surface area (Å²) in [6.07, 6.45) is 1.01. The number of pyridine rings is 1. The first-order valence-electron chi connectivity index (χ1n) is 5.90. The Balaban J connectivity index is 2.25. The summed E-state index contributed by atoms with van der Waals surface area (Å²) in [6, 6.07) is 15.0. The van der Waals surface area contributed by atoms with Gasteiger partial charge in [0.25, 0.3) is 0 Å². The Labute approximate surface area is 112 Å². The van der Waals surface area contributed by atoms with Crippen molar-refractivity contribution in [3.8, 4) is 11.8 Å². The van der Waals surface area contributed by atoms with E-state index in [1.165, 1.54) is 6.92 Å². The predicted octanol–water partition coefficient (Wildman–Crippen LogP) is 2.74. The van der Waals surface area contributed by atoms with Crippen LogP contribution in [0.15, 0.2) is 54.7 Å². The Morgan fingerprint density at radius 1 is 1.16 bits per heavy atom. The fourth-order valence-electron chi connectivity index (χ4n) is 1.53. The van der Waals surface area contributed by atoms with Crippen LogP contribution in [0.25, 0.3) is 0 Å². The van der Waals surface area contributed by atoms with Crippen molar-refractivity contribution in [1.29, 1.82) is 0 Å². The van der Waals surface area contributed by atoms with Crippen LogP contribution in [0.3, 0.4) is 0 Å². The van der Waals surface area contributed by atoms with Crippen molar-refractivity contribution in [2.75, 3.05) is 0 Å². The number of esters is 1. The molecule has 0 bridgehead atoms. The van der Waals surface area contributed by atoms with Gasteiger partial charge in [0.15, 0.2) is 0 Å². The summed E-state index contributed by atoms with van der Waals surface area (Å²) < 4.78 is 5.18. The Kier molecular flexibility index (Phi) is 4.30. The molecule has 0 amide bonds. The molecule has 2 aromatic rings. The fourth-order valence-corrected chi connectivity index (χ4v) is 1.53. The molecule has 94 valence electrons. The summed E-state index contributed by atoms with van der Waals surface area (Å²) >= 11 is 0. The highest BCUT2D eigenvalue weighted by Crippen LogP contribution is 2.14.